The fourth-order valence-corrected chi connectivity index (χ4v) is 2.60. The second-order valence-corrected chi connectivity index (χ2v) is 5.55. The van der Waals surface area contributed by atoms with Gasteiger partial charge >= 0.3 is 0 Å². The van der Waals surface area contributed by atoms with Gasteiger partial charge in [0.15, 0.2) is 0 Å². The third kappa shape index (κ3) is 3.41. The zero-order chi connectivity index (χ0) is 12.8. The molecule has 0 saturated heterocycles. The lowest BCUT2D eigenvalue weighted by Crippen LogP contribution is -2.25. The minimum absolute atomic E-state index is 0.267. The summed E-state index contributed by atoms with van der Waals surface area (Å²) in [6, 6.07) is 9.01. The Morgan fingerprint density at radius 3 is 2.78 bits per heavy atom. The van der Waals surface area contributed by atoms with Gasteiger partial charge in [-0.2, -0.15) is 0 Å². The van der Waals surface area contributed by atoms with Crippen LogP contribution in [0.25, 0.3) is 0 Å². The molecule has 1 aromatic carbocycles. The zero-order valence-electron chi connectivity index (χ0n) is 9.78. The van der Waals surface area contributed by atoms with E-state index < -0.39 is 10.0 Å². The normalized spacial score (nSPS) is 11.6. The Morgan fingerprint density at radius 2 is 2.11 bits per heavy atom. The number of aryl methyl sites for hydroxylation is 1. The molecule has 0 aliphatic rings. The first-order valence-corrected chi connectivity index (χ1v) is 7.08. The molecule has 0 atom stereocenters. The summed E-state index contributed by atoms with van der Waals surface area (Å²) in [5.74, 6) is 0. The first kappa shape index (κ1) is 12.8. The van der Waals surface area contributed by atoms with Crippen LogP contribution >= 0.6 is 0 Å². The number of rotatable bonds is 6. The van der Waals surface area contributed by atoms with Gasteiger partial charge in [-0.3, -0.25) is 0 Å². The molecule has 0 unspecified atom stereocenters. The lowest BCUT2D eigenvalue weighted by Gasteiger charge is -2.06. The first-order chi connectivity index (χ1) is 8.68. The van der Waals surface area contributed by atoms with Crippen molar-refractivity contribution in [3.05, 3.63) is 49.1 Å². The van der Waals surface area contributed by atoms with Gasteiger partial charge < -0.3 is 4.57 Å². The van der Waals surface area contributed by atoms with Crippen molar-refractivity contribution >= 4 is 10.0 Å². The Kier molecular flexibility index (Phi) is 4.11. The van der Waals surface area contributed by atoms with Crippen LogP contribution in [0, 0.1) is 6.07 Å². The molecule has 5 nitrogen and oxygen atoms in total. The van der Waals surface area contributed by atoms with Gasteiger partial charge in [0.1, 0.15) is 0 Å². The molecular weight excluding hydrogens is 250 g/mol. The minimum atomic E-state index is -3.40. The Labute approximate surface area is 107 Å². The first-order valence-electron chi connectivity index (χ1n) is 5.60. The molecule has 95 valence electrons. The highest BCUT2D eigenvalue weighted by Gasteiger charge is 2.11. The number of hydrogen-bond acceptors (Lipinski definition) is 3. The van der Waals surface area contributed by atoms with Gasteiger partial charge in [-0.15, -0.1) is 0 Å². The summed E-state index contributed by atoms with van der Waals surface area (Å²) in [5.41, 5.74) is 0. The molecule has 0 fully saturated rings. The smallest absolute Gasteiger partial charge is 0.240 e. The van der Waals surface area contributed by atoms with E-state index in [1.54, 1.807) is 24.7 Å². The second-order valence-electron chi connectivity index (χ2n) is 3.79. The Balaban J connectivity index is 1.83. The predicted octanol–water partition coefficient (Wildman–Crippen LogP) is 1.05. The Bertz CT molecular complexity index is 565. The van der Waals surface area contributed by atoms with Crippen molar-refractivity contribution in [2.24, 2.45) is 0 Å². The van der Waals surface area contributed by atoms with E-state index >= 15 is 0 Å². The van der Waals surface area contributed by atoms with Gasteiger partial charge in [0.05, 0.1) is 11.2 Å². The van der Waals surface area contributed by atoms with E-state index in [-0.39, 0.29) is 4.90 Å². The fourth-order valence-electron chi connectivity index (χ4n) is 1.52. The summed E-state index contributed by atoms with van der Waals surface area (Å²) in [6.07, 6.45) is 5.97. The maximum Gasteiger partial charge on any atom is 0.240 e. The van der Waals surface area contributed by atoms with E-state index in [9.17, 15) is 8.42 Å². The summed E-state index contributed by atoms with van der Waals surface area (Å²) >= 11 is 0. The third-order valence-electron chi connectivity index (χ3n) is 2.44. The maximum absolute atomic E-state index is 11.8. The van der Waals surface area contributed by atoms with Gasteiger partial charge in [-0.25, -0.2) is 18.1 Å². The van der Waals surface area contributed by atoms with Crippen LogP contribution in [0.15, 0.2) is 47.9 Å². The summed E-state index contributed by atoms with van der Waals surface area (Å²) in [4.78, 5) is 4.19. The highest BCUT2D eigenvalue weighted by Crippen LogP contribution is 2.06. The molecule has 2 rings (SSSR count). The van der Waals surface area contributed by atoms with E-state index in [4.69, 9.17) is 0 Å². The van der Waals surface area contributed by atoms with E-state index in [1.165, 1.54) is 12.1 Å². The topological polar surface area (TPSA) is 64.0 Å². The SMILES string of the molecule is O=S(=O)(NCCCn1ccnc1)c1cc[c]cc1. The van der Waals surface area contributed by atoms with E-state index in [0.29, 0.717) is 13.0 Å². The molecule has 0 bridgehead atoms. The monoisotopic (exact) mass is 264 g/mol. The molecule has 2 aromatic rings. The minimum Gasteiger partial charge on any atom is -0.337 e. The van der Waals surface area contributed by atoms with Gasteiger partial charge in [-0.05, 0) is 24.6 Å². The van der Waals surface area contributed by atoms with Crippen molar-refractivity contribution in [1.82, 2.24) is 14.3 Å². The molecule has 6 heteroatoms. The van der Waals surface area contributed by atoms with Gasteiger partial charge in [-0.1, -0.05) is 12.1 Å². The molecule has 0 amide bonds. The summed E-state index contributed by atoms with van der Waals surface area (Å²) in [6.45, 7) is 1.14. The number of sulfonamides is 1. The van der Waals surface area contributed by atoms with Crippen molar-refractivity contribution in [3.63, 3.8) is 0 Å². The van der Waals surface area contributed by atoms with Crippen LogP contribution in [0.3, 0.4) is 0 Å². The Morgan fingerprint density at radius 1 is 1.33 bits per heavy atom. The number of benzene rings is 1. The molecule has 0 spiro atoms. The maximum atomic E-state index is 11.8. The average molecular weight is 264 g/mol. The second kappa shape index (κ2) is 5.79. The van der Waals surface area contributed by atoms with E-state index in [1.807, 2.05) is 10.8 Å². The van der Waals surface area contributed by atoms with Crippen LogP contribution in [-0.4, -0.2) is 24.5 Å². The molecular formula is C12H14N3O2S. The lowest BCUT2D eigenvalue weighted by atomic mass is 10.4. The van der Waals surface area contributed by atoms with Crippen LogP contribution in [0.5, 0.6) is 0 Å². The fraction of sp³-hybridized carbons (Fsp3) is 0.250. The van der Waals surface area contributed by atoms with Crippen molar-refractivity contribution in [3.8, 4) is 0 Å². The number of hydrogen-bond donors (Lipinski definition) is 1. The Hall–Kier alpha value is -1.66. The summed E-state index contributed by atoms with van der Waals surface area (Å²) in [5, 5.41) is 0. The standard InChI is InChI=1S/C12H14N3O2S/c16-18(17,12-5-2-1-3-6-12)14-7-4-9-15-10-8-13-11-15/h2-3,5-6,8,10-11,14H,4,7,9H2. The molecule has 1 aromatic heterocycles. The van der Waals surface area contributed by atoms with Crippen molar-refractivity contribution in [1.29, 1.82) is 0 Å². The molecule has 1 radical (unpaired) electrons. The van der Waals surface area contributed by atoms with Crippen LogP contribution in [0.1, 0.15) is 6.42 Å². The highest BCUT2D eigenvalue weighted by molar-refractivity contribution is 7.89. The van der Waals surface area contributed by atoms with Crippen LogP contribution in [0.4, 0.5) is 0 Å². The largest absolute Gasteiger partial charge is 0.337 e. The summed E-state index contributed by atoms with van der Waals surface area (Å²) < 4.78 is 28.2. The molecule has 18 heavy (non-hydrogen) atoms. The molecule has 0 saturated carbocycles. The van der Waals surface area contributed by atoms with E-state index in [0.717, 1.165) is 6.54 Å². The van der Waals surface area contributed by atoms with Crippen molar-refractivity contribution < 1.29 is 8.42 Å². The predicted molar refractivity (Wildman–Crippen MR) is 67.3 cm³/mol. The number of nitrogens with zero attached hydrogens (tertiary/aromatic N) is 2. The third-order valence-corrected chi connectivity index (χ3v) is 3.92. The van der Waals surface area contributed by atoms with Gasteiger partial charge in [0.25, 0.3) is 0 Å². The van der Waals surface area contributed by atoms with E-state index in [2.05, 4.69) is 15.8 Å². The zero-order valence-corrected chi connectivity index (χ0v) is 10.6. The van der Waals surface area contributed by atoms with Crippen LogP contribution in [-0.2, 0) is 16.6 Å². The average Bonchev–Trinajstić information content (AvgIpc) is 2.89. The van der Waals surface area contributed by atoms with Crippen molar-refractivity contribution in [2.75, 3.05) is 6.54 Å². The summed E-state index contributed by atoms with van der Waals surface area (Å²) in [7, 11) is -3.40. The van der Waals surface area contributed by atoms with Crippen LogP contribution in [0.2, 0.25) is 0 Å². The molecule has 0 aliphatic heterocycles. The van der Waals surface area contributed by atoms with Gasteiger partial charge in [0.2, 0.25) is 10.0 Å². The molecule has 1 heterocycles. The molecule has 0 aliphatic carbocycles. The highest BCUT2D eigenvalue weighted by atomic mass is 32.2. The van der Waals surface area contributed by atoms with Crippen LogP contribution < -0.4 is 4.72 Å². The lowest BCUT2D eigenvalue weighted by molar-refractivity contribution is 0.570. The molecule has 1 N–H and O–H groups in total. The van der Waals surface area contributed by atoms with Crippen molar-refractivity contribution in [2.45, 2.75) is 17.9 Å². The number of nitrogens with one attached hydrogen (secondary N) is 1. The number of aromatic nitrogens is 2. The number of imidazole rings is 1. The quantitative estimate of drug-likeness (QED) is 0.793. The van der Waals surface area contributed by atoms with Gasteiger partial charge in [0, 0.05) is 25.5 Å².